The van der Waals surface area contributed by atoms with Gasteiger partial charge in [0.2, 0.25) is 11.8 Å². The highest BCUT2D eigenvalue weighted by Gasteiger charge is 2.53. The van der Waals surface area contributed by atoms with E-state index in [0.29, 0.717) is 38.0 Å². The molecule has 6 rings (SSSR count). The predicted molar refractivity (Wildman–Crippen MR) is 153 cm³/mol. The van der Waals surface area contributed by atoms with Crippen molar-refractivity contribution in [3.8, 4) is 0 Å². The van der Waals surface area contributed by atoms with Crippen LogP contribution in [0.3, 0.4) is 0 Å². The molecule has 0 aliphatic carbocycles. The fraction of sp³-hybridized carbons (Fsp3) is 0.344. The highest BCUT2D eigenvalue weighted by molar-refractivity contribution is 6.01. The highest BCUT2D eigenvalue weighted by Crippen LogP contribution is 2.40. The van der Waals surface area contributed by atoms with Crippen LogP contribution in [-0.2, 0) is 22.6 Å². The topological polar surface area (TPSA) is 84.4 Å². The van der Waals surface area contributed by atoms with Crippen molar-refractivity contribution in [1.29, 1.82) is 0 Å². The molecule has 0 unspecified atom stereocenters. The number of benzene rings is 3. The molecule has 0 aromatic heterocycles. The lowest BCUT2D eigenvalue weighted by Gasteiger charge is -2.43. The molecule has 2 fully saturated rings. The molecule has 3 aliphatic rings. The van der Waals surface area contributed by atoms with E-state index in [2.05, 4.69) is 9.80 Å². The summed E-state index contributed by atoms with van der Waals surface area (Å²) in [7, 11) is 0. The van der Waals surface area contributed by atoms with Gasteiger partial charge in [-0.2, -0.15) is 0 Å². The van der Waals surface area contributed by atoms with E-state index in [1.54, 1.807) is 23.1 Å². The minimum absolute atomic E-state index is 0.0652. The highest BCUT2D eigenvalue weighted by atomic mass is 16.4. The van der Waals surface area contributed by atoms with Crippen molar-refractivity contribution in [3.63, 3.8) is 0 Å². The number of carboxylic acids is 1. The monoisotopic (exact) mass is 538 g/mol. The number of aromatic carboxylic acids is 1. The zero-order chi connectivity index (χ0) is 27.7. The molecule has 0 radical (unpaired) electrons. The normalized spacial score (nSPS) is 18.6. The van der Waals surface area contributed by atoms with Crippen LogP contribution in [-0.4, -0.2) is 71.1 Å². The van der Waals surface area contributed by atoms with Gasteiger partial charge in [0.15, 0.2) is 0 Å². The van der Waals surface area contributed by atoms with E-state index in [0.717, 1.165) is 43.0 Å². The van der Waals surface area contributed by atoms with Crippen molar-refractivity contribution >= 4 is 29.2 Å². The number of amides is 2. The fourth-order valence-electron chi connectivity index (χ4n) is 6.56. The molecule has 0 saturated carbocycles. The predicted octanol–water partition coefficient (Wildman–Crippen LogP) is 4.01. The number of piperidine rings is 1. The zero-order valence-electron chi connectivity index (χ0n) is 22.5. The van der Waals surface area contributed by atoms with Gasteiger partial charge >= 0.3 is 5.97 Å². The SMILES string of the molecule is O=C(O)c1ccccc1CN1CN(c2ccccc2)C2(CCN(CCCN3C(=O)Cc4ccccc43)CC2)C1=O. The van der Waals surface area contributed by atoms with E-state index in [1.807, 2.05) is 65.6 Å². The smallest absolute Gasteiger partial charge is 0.336 e. The number of likely N-dealkylation sites (tertiary alicyclic amines) is 1. The molecular formula is C32H34N4O4. The summed E-state index contributed by atoms with van der Waals surface area (Å²) in [5.74, 6) is -0.752. The van der Waals surface area contributed by atoms with Crippen LogP contribution in [0.1, 0.15) is 40.7 Å². The molecule has 0 bridgehead atoms. The third-order valence-electron chi connectivity index (χ3n) is 8.66. The Labute approximate surface area is 234 Å². The van der Waals surface area contributed by atoms with Gasteiger partial charge in [-0.3, -0.25) is 9.59 Å². The molecular weight excluding hydrogens is 504 g/mol. The van der Waals surface area contributed by atoms with Crippen molar-refractivity contribution in [2.75, 3.05) is 42.6 Å². The minimum Gasteiger partial charge on any atom is -0.478 e. The van der Waals surface area contributed by atoms with Crippen molar-refractivity contribution < 1.29 is 19.5 Å². The van der Waals surface area contributed by atoms with Crippen molar-refractivity contribution in [3.05, 3.63) is 95.6 Å². The number of anilines is 2. The molecule has 1 N–H and O–H groups in total. The Hall–Kier alpha value is -4.17. The van der Waals surface area contributed by atoms with Crippen LogP contribution in [0.15, 0.2) is 78.9 Å². The van der Waals surface area contributed by atoms with Gasteiger partial charge in [0.1, 0.15) is 5.54 Å². The van der Waals surface area contributed by atoms with E-state index >= 15 is 0 Å². The van der Waals surface area contributed by atoms with Crippen molar-refractivity contribution in [2.24, 2.45) is 0 Å². The molecule has 3 aliphatic heterocycles. The quantitative estimate of drug-likeness (QED) is 0.467. The first-order valence-electron chi connectivity index (χ1n) is 14.0. The Morgan fingerprint density at radius 1 is 0.850 bits per heavy atom. The van der Waals surface area contributed by atoms with Gasteiger partial charge in [-0.25, -0.2) is 4.79 Å². The number of nitrogens with zero attached hydrogens (tertiary/aromatic N) is 4. The minimum atomic E-state index is -0.982. The molecule has 3 aromatic rings. The molecule has 40 heavy (non-hydrogen) atoms. The molecule has 8 nitrogen and oxygen atoms in total. The molecule has 3 aromatic carbocycles. The first-order valence-corrected chi connectivity index (χ1v) is 14.0. The number of carbonyl (C=O) groups excluding carboxylic acids is 2. The maximum absolute atomic E-state index is 14.1. The van der Waals surface area contributed by atoms with Gasteiger partial charge in [0.05, 0.1) is 18.7 Å². The Morgan fingerprint density at radius 2 is 1.55 bits per heavy atom. The van der Waals surface area contributed by atoms with E-state index in [9.17, 15) is 19.5 Å². The molecule has 2 saturated heterocycles. The van der Waals surface area contributed by atoms with Gasteiger partial charge in [-0.15, -0.1) is 0 Å². The number of rotatable bonds is 8. The van der Waals surface area contributed by atoms with Gasteiger partial charge in [-0.05, 0) is 61.2 Å². The largest absolute Gasteiger partial charge is 0.478 e. The summed E-state index contributed by atoms with van der Waals surface area (Å²) in [6.45, 7) is 3.84. The lowest BCUT2D eigenvalue weighted by atomic mass is 9.85. The maximum Gasteiger partial charge on any atom is 0.336 e. The second-order valence-electron chi connectivity index (χ2n) is 10.9. The summed E-state index contributed by atoms with van der Waals surface area (Å²) in [6, 6.07) is 25.0. The second kappa shape index (κ2) is 10.8. The molecule has 206 valence electrons. The first-order chi connectivity index (χ1) is 19.5. The van der Waals surface area contributed by atoms with Crippen molar-refractivity contribution in [2.45, 2.75) is 37.8 Å². The maximum atomic E-state index is 14.1. The van der Waals surface area contributed by atoms with Gasteiger partial charge in [0, 0.05) is 37.6 Å². The number of para-hydroxylation sites is 2. The van der Waals surface area contributed by atoms with E-state index in [-0.39, 0.29) is 23.9 Å². The van der Waals surface area contributed by atoms with Crippen LogP contribution in [0.2, 0.25) is 0 Å². The summed E-state index contributed by atoms with van der Waals surface area (Å²) in [6.07, 6.45) is 2.75. The van der Waals surface area contributed by atoms with E-state index in [4.69, 9.17) is 0 Å². The van der Waals surface area contributed by atoms with Crippen LogP contribution in [0.4, 0.5) is 11.4 Å². The van der Waals surface area contributed by atoms with Crippen LogP contribution < -0.4 is 9.80 Å². The number of hydrogen-bond acceptors (Lipinski definition) is 5. The zero-order valence-corrected chi connectivity index (χ0v) is 22.5. The Kier molecular flexibility index (Phi) is 7.02. The summed E-state index contributed by atoms with van der Waals surface area (Å²) < 4.78 is 0. The summed E-state index contributed by atoms with van der Waals surface area (Å²) in [5, 5.41) is 9.67. The second-order valence-corrected chi connectivity index (χ2v) is 10.9. The lowest BCUT2D eigenvalue weighted by molar-refractivity contribution is -0.134. The van der Waals surface area contributed by atoms with E-state index in [1.165, 1.54) is 0 Å². The Morgan fingerprint density at radius 3 is 2.33 bits per heavy atom. The van der Waals surface area contributed by atoms with Crippen LogP contribution in [0, 0.1) is 0 Å². The lowest BCUT2D eigenvalue weighted by Crippen LogP contribution is -2.56. The fourth-order valence-corrected chi connectivity index (χ4v) is 6.56. The van der Waals surface area contributed by atoms with Gasteiger partial charge in [0.25, 0.3) is 0 Å². The third kappa shape index (κ3) is 4.73. The summed E-state index contributed by atoms with van der Waals surface area (Å²) in [4.78, 5) is 46.7. The Bertz CT molecular complexity index is 1420. The van der Waals surface area contributed by atoms with Crippen molar-refractivity contribution in [1.82, 2.24) is 9.80 Å². The number of carboxylic acid groups (broad SMARTS) is 1. The molecule has 2 amide bonds. The van der Waals surface area contributed by atoms with Crippen LogP contribution in [0.25, 0.3) is 0 Å². The molecule has 3 heterocycles. The number of fused-ring (bicyclic) bond motifs is 1. The average molecular weight is 539 g/mol. The third-order valence-corrected chi connectivity index (χ3v) is 8.66. The van der Waals surface area contributed by atoms with Crippen LogP contribution >= 0.6 is 0 Å². The van der Waals surface area contributed by atoms with Gasteiger partial charge in [-0.1, -0.05) is 54.6 Å². The number of hydrogen-bond donors (Lipinski definition) is 1. The standard InChI is InChI=1S/C32H34N4O4/c37-29-21-24-9-5-7-14-28(24)35(29)18-8-17-33-19-15-32(16-20-33)31(40)34(23-36(32)26-11-2-1-3-12-26)22-25-10-4-6-13-27(25)30(38)39/h1-7,9-14H,8,15-23H2,(H,38,39). The Balaban J connectivity index is 1.14. The average Bonchev–Trinajstić information content (AvgIpc) is 3.43. The summed E-state index contributed by atoms with van der Waals surface area (Å²) in [5.41, 5.74) is 3.36. The molecule has 0 atom stereocenters. The molecule has 1 spiro atoms. The van der Waals surface area contributed by atoms with E-state index < -0.39 is 11.5 Å². The number of carbonyl (C=O) groups is 3. The first kappa shape index (κ1) is 26.1. The summed E-state index contributed by atoms with van der Waals surface area (Å²) >= 11 is 0. The molecule has 8 heteroatoms. The van der Waals surface area contributed by atoms with Crippen LogP contribution in [0.5, 0.6) is 0 Å². The van der Waals surface area contributed by atoms with Gasteiger partial charge < -0.3 is 24.7 Å².